The molecule has 4 nitrogen and oxygen atoms in total. The third-order valence-corrected chi connectivity index (χ3v) is 14.2. The van der Waals surface area contributed by atoms with E-state index in [-0.39, 0.29) is 63.6 Å². The van der Waals surface area contributed by atoms with Crippen LogP contribution < -0.4 is 0 Å². The van der Waals surface area contributed by atoms with Gasteiger partial charge in [-0.2, -0.15) is 0 Å². The molecule has 1 aromatic rings. The summed E-state index contributed by atoms with van der Waals surface area (Å²) >= 11 is 3.62. The van der Waals surface area contributed by atoms with Crippen LogP contribution in [0.1, 0.15) is 99.0 Å². The Bertz CT molecular complexity index is 1410. The lowest BCUT2D eigenvalue weighted by molar-refractivity contribution is -0.181. The molecule has 0 spiro atoms. The van der Waals surface area contributed by atoms with Crippen molar-refractivity contribution in [2.75, 3.05) is 0 Å². The minimum Gasteiger partial charge on any atom is -0.460 e. The third kappa shape index (κ3) is 4.00. The van der Waals surface area contributed by atoms with E-state index >= 15 is 0 Å². The first-order valence-corrected chi connectivity index (χ1v) is 16.7. The van der Waals surface area contributed by atoms with Crippen LogP contribution in [0, 0.1) is 50.2 Å². The summed E-state index contributed by atoms with van der Waals surface area (Å²) in [5.41, 5.74) is 0.391. The molecule has 0 saturated heterocycles. The number of carbonyl (C=O) groups is 3. The lowest BCUT2D eigenvalue weighted by Crippen LogP contribution is -2.64. The van der Waals surface area contributed by atoms with Crippen molar-refractivity contribution in [3.63, 3.8) is 0 Å². The van der Waals surface area contributed by atoms with Crippen molar-refractivity contribution < 1.29 is 19.1 Å². The lowest BCUT2D eigenvalue weighted by atomic mass is 9.34. The summed E-state index contributed by atoms with van der Waals surface area (Å²) in [7, 11) is 0. The van der Waals surface area contributed by atoms with Gasteiger partial charge in [0.15, 0.2) is 11.6 Å². The maximum Gasteiger partial charge on any atom is 0.312 e. The zero-order valence-electron chi connectivity index (χ0n) is 26.4. The quantitative estimate of drug-likeness (QED) is 0.312. The first-order chi connectivity index (χ1) is 19.5. The molecule has 5 aliphatic carbocycles. The molecule has 0 amide bonds. The van der Waals surface area contributed by atoms with Crippen LogP contribution in [0.25, 0.3) is 0 Å². The van der Waals surface area contributed by atoms with Gasteiger partial charge >= 0.3 is 5.97 Å². The molecule has 5 aliphatic rings. The van der Waals surface area contributed by atoms with Crippen molar-refractivity contribution in [1.29, 1.82) is 0 Å². The number of carbonyl (C=O) groups excluding carboxylic acids is 3. The topological polar surface area (TPSA) is 60.4 Å². The Hall–Kier alpha value is -2.01. The molecule has 226 valence electrons. The van der Waals surface area contributed by atoms with Crippen LogP contribution in [0.2, 0.25) is 0 Å². The van der Waals surface area contributed by atoms with Crippen molar-refractivity contribution in [3.05, 3.63) is 58.1 Å². The number of allylic oxidation sites excluding steroid dienone is 4. The molecule has 8 atom stereocenters. The van der Waals surface area contributed by atoms with E-state index in [0.717, 1.165) is 44.1 Å². The minimum absolute atomic E-state index is 0.0318. The Balaban J connectivity index is 1.37. The summed E-state index contributed by atoms with van der Waals surface area (Å²) in [5, 5.41) is 0. The summed E-state index contributed by atoms with van der Waals surface area (Å²) in [6, 6.07) is 9.86. The first-order valence-electron chi connectivity index (χ1n) is 15.9. The summed E-state index contributed by atoms with van der Waals surface area (Å²) in [4.78, 5) is 41.4. The van der Waals surface area contributed by atoms with Crippen molar-refractivity contribution in [3.8, 4) is 0 Å². The number of Topliss-reactive ketones (excluding diaryl/α,β-unsaturated/α-hetero) is 1. The Morgan fingerprint density at radius 2 is 1.60 bits per heavy atom. The molecule has 42 heavy (non-hydrogen) atoms. The smallest absolute Gasteiger partial charge is 0.312 e. The molecule has 0 aliphatic heterocycles. The van der Waals surface area contributed by atoms with Gasteiger partial charge in [-0.25, -0.2) is 0 Å². The van der Waals surface area contributed by atoms with Gasteiger partial charge in [-0.3, -0.25) is 14.4 Å². The number of ether oxygens (including phenoxy) is 1. The average molecular weight is 636 g/mol. The number of hydrogen-bond donors (Lipinski definition) is 0. The molecule has 3 fully saturated rings. The van der Waals surface area contributed by atoms with Gasteiger partial charge in [-0.1, -0.05) is 83.5 Å². The molecule has 6 rings (SSSR count). The third-order valence-electron chi connectivity index (χ3n) is 13.6. The Kier molecular flexibility index (Phi) is 6.79. The Morgan fingerprint density at radius 3 is 2.29 bits per heavy atom. The number of halogens is 1. The maximum absolute atomic E-state index is 14.6. The molecule has 5 heteroatoms. The van der Waals surface area contributed by atoms with Crippen LogP contribution in [0.3, 0.4) is 0 Å². The van der Waals surface area contributed by atoms with E-state index in [9.17, 15) is 14.4 Å². The molecular formula is C37H47BrO4. The van der Waals surface area contributed by atoms with Crippen LogP contribution in [-0.4, -0.2) is 17.5 Å². The number of benzene rings is 1. The van der Waals surface area contributed by atoms with Gasteiger partial charge in [0.1, 0.15) is 6.61 Å². The van der Waals surface area contributed by atoms with Crippen LogP contribution in [0.4, 0.5) is 0 Å². The highest BCUT2D eigenvalue weighted by molar-refractivity contribution is 9.12. The largest absolute Gasteiger partial charge is 0.460 e. The predicted octanol–water partition coefficient (Wildman–Crippen LogP) is 8.78. The van der Waals surface area contributed by atoms with Crippen LogP contribution in [0.15, 0.2) is 52.5 Å². The highest BCUT2D eigenvalue weighted by atomic mass is 79.9. The predicted molar refractivity (Wildman–Crippen MR) is 168 cm³/mol. The van der Waals surface area contributed by atoms with E-state index in [4.69, 9.17) is 4.74 Å². The van der Waals surface area contributed by atoms with E-state index < -0.39 is 10.8 Å². The molecule has 0 aromatic heterocycles. The second-order valence-electron chi connectivity index (χ2n) is 16.2. The molecule has 0 bridgehead atoms. The zero-order chi connectivity index (χ0) is 30.5. The van der Waals surface area contributed by atoms with Crippen LogP contribution in [-0.2, 0) is 25.7 Å². The molecular weight excluding hydrogens is 588 g/mol. The van der Waals surface area contributed by atoms with Crippen molar-refractivity contribution in [2.24, 2.45) is 50.2 Å². The fourth-order valence-corrected chi connectivity index (χ4v) is 11.6. The number of esters is 1. The monoisotopic (exact) mass is 634 g/mol. The molecule has 3 saturated carbocycles. The van der Waals surface area contributed by atoms with Crippen molar-refractivity contribution in [2.45, 2.75) is 100 Å². The second kappa shape index (κ2) is 9.49. The lowest BCUT2D eigenvalue weighted by Gasteiger charge is -2.69. The van der Waals surface area contributed by atoms with Crippen LogP contribution >= 0.6 is 15.9 Å². The highest BCUT2D eigenvalue weighted by Gasteiger charge is 2.69. The van der Waals surface area contributed by atoms with E-state index in [1.54, 1.807) is 0 Å². The molecule has 0 radical (unpaired) electrons. The van der Waals surface area contributed by atoms with E-state index in [1.165, 1.54) is 5.57 Å². The number of rotatable bonds is 3. The summed E-state index contributed by atoms with van der Waals surface area (Å²) in [5.74, 6) is 0.398. The fraction of sp³-hybridized carbons (Fsp3) is 0.649. The van der Waals surface area contributed by atoms with Gasteiger partial charge in [-0.05, 0) is 108 Å². The average Bonchev–Trinajstić information content (AvgIpc) is 2.93. The van der Waals surface area contributed by atoms with Crippen molar-refractivity contribution >= 4 is 33.5 Å². The van der Waals surface area contributed by atoms with E-state index in [1.807, 2.05) is 36.4 Å². The maximum atomic E-state index is 14.6. The number of fused-ring (bicyclic) bond motifs is 7. The van der Waals surface area contributed by atoms with Gasteiger partial charge < -0.3 is 4.74 Å². The van der Waals surface area contributed by atoms with Gasteiger partial charge in [0.05, 0.1) is 9.90 Å². The number of hydrogen-bond acceptors (Lipinski definition) is 4. The number of ketones is 2. The summed E-state index contributed by atoms with van der Waals surface area (Å²) in [6.45, 7) is 15.9. The van der Waals surface area contributed by atoms with Gasteiger partial charge in [-0.15, -0.1) is 0 Å². The SMILES string of the molecule is CC1(C)C(=O)C(Br)=C[C@]2(C)C3=CC(=O)[C@@H]4[C@@H]5C[C@@](C)(C(=O)OCc6ccccc6)CC[C@]5(C)CC[C@@]4(C)[C@]3(C)CCC12. The summed E-state index contributed by atoms with van der Waals surface area (Å²) < 4.78 is 6.56. The molecule has 1 aromatic carbocycles. The standard InChI is InChI=1S/C37H47BrO4/c1-32(2)27-13-14-36(6)28(35(27,5)21-25(38)30(32)40)19-26(39)29-24-20-34(4,16-15-33(24,3)17-18-37(29,36)7)31(41)42-22-23-11-9-8-10-12-23/h8-12,19,21,24,27,29H,13-18,20,22H2,1-7H3/t24-,27?,29-,33+,34-,35-,36+,37+/m0/s1. The summed E-state index contributed by atoms with van der Waals surface area (Å²) in [6.07, 6.45) is 10.6. The van der Waals surface area contributed by atoms with Gasteiger partial charge in [0, 0.05) is 16.7 Å². The minimum atomic E-state index is -0.604. The Labute approximate surface area is 260 Å². The normalized spacial score (nSPS) is 44.0. The van der Waals surface area contributed by atoms with Gasteiger partial charge in [0.2, 0.25) is 0 Å². The zero-order valence-corrected chi connectivity index (χ0v) is 28.0. The van der Waals surface area contributed by atoms with Crippen LogP contribution in [0.5, 0.6) is 0 Å². The van der Waals surface area contributed by atoms with Gasteiger partial charge in [0.25, 0.3) is 0 Å². The van der Waals surface area contributed by atoms with E-state index in [2.05, 4.69) is 70.5 Å². The fourth-order valence-electron chi connectivity index (χ4n) is 10.6. The first kappa shape index (κ1) is 30.0. The second-order valence-corrected chi connectivity index (χ2v) is 17.0. The molecule has 0 heterocycles. The Morgan fingerprint density at radius 1 is 0.929 bits per heavy atom. The molecule has 1 unspecified atom stereocenters. The van der Waals surface area contributed by atoms with E-state index in [0.29, 0.717) is 10.9 Å². The van der Waals surface area contributed by atoms with Crippen molar-refractivity contribution in [1.82, 2.24) is 0 Å². The highest BCUT2D eigenvalue weighted by Crippen LogP contribution is 2.74. The molecule has 0 N–H and O–H groups in total.